The molecule has 0 fully saturated rings. The molecule has 0 radical (unpaired) electrons. The Hall–Kier alpha value is -4.78. The first-order valence-electron chi connectivity index (χ1n) is 14.4. The van der Waals surface area contributed by atoms with Crippen molar-refractivity contribution in [1.82, 2.24) is 0 Å². The number of nitrogens with zero attached hydrogens (tertiary/aromatic N) is 2. The third-order valence-electron chi connectivity index (χ3n) is 6.67. The maximum atomic E-state index is 12.2. The molecular weight excluding hydrogens is 603 g/mol. The third kappa shape index (κ3) is 11.3. The standard InChI is InChI=1S/C18H15ClN2O.C13H13NO.C6H6ClN/c19-14-7-4-8-15(12-14)21-18(22)17-10-9-16(20-17)11-13-5-2-1-3-6-13;1-10(15)13-8-7-12(14-13)9-11-5-3-2-4-6-11;7-5-2-1-3-6(8)4-5/h1-9,12H,10-11H2,(H,21,22);2-7H,8-9H2,1H3;1-4H,8H2. The average molecular weight is 638 g/mol. The highest BCUT2D eigenvalue weighted by atomic mass is 35.5. The zero-order valence-electron chi connectivity index (χ0n) is 24.9. The van der Waals surface area contributed by atoms with Crippen LogP contribution in [0.25, 0.3) is 0 Å². The second-order valence-electron chi connectivity index (χ2n) is 10.3. The van der Waals surface area contributed by atoms with Crippen molar-refractivity contribution in [1.29, 1.82) is 0 Å². The van der Waals surface area contributed by atoms with Crippen LogP contribution in [0.4, 0.5) is 11.4 Å². The van der Waals surface area contributed by atoms with Crippen LogP contribution in [0.2, 0.25) is 10.0 Å². The molecule has 0 atom stereocenters. The Bertz CT molecular complexity index is 1730. The molecule has 4 aromatic carbocycles. The van der Waals surface area contributed by atoms with Crippen LogP contribution < -0.4 is 11.1 Å². The summed E-state index contributed by atoms with van der Waals surface area (Å²) in [6, 6.07) is 34.5. The number of ketones is 1. The molecule has 1 amide bonds. The van der Waals surface area contributed by atoms with Gasteiger partial charge >= 0.3 is 0 Å². The number of anilines is 2. The van der Waals surface area contributed by atoms with E-state index < -0.39 is 0 Å². The highest BCUT2D eigenvalue weighted by molar-refractivity contribution is 6.44. The number of Topliss-reactive ketones (excluding diaryl/α,β-unsaturated/α-hetero) is 1. The third-order valence-corrected chi connectivity index (χ3v) is 7.15. The van der Waals surface area contributed by atoms with Crippen LogP contribution in [0.5, 0.6) is 0 Å². The minimum atomic E-state index is -0.179. The lowest BCUT2D eigenvalue weighted by molar-refractivity contribution is -0.111. The number of nitrogens with two attached hydrogens (primary N) is 1. The normalized spacial score (nSPS) is 13.1. The summed E-state index contributed by atoms with van der Waals surface area (Å²) in [5.74, 6) is -0.101. The Balaban J connectivity index is 0.000000172. The quantitative estimate of drug-likeness (QED) is 0.198. The number of allylic oxidation sites excluding steroid dienone is 4. The first-order valence-corrected chi connectivity index (χ1v) is 15.2. The van der Waals surface area contributed by atoms with Crippen molar-refractivity contribution in [3.05, 3.63) is 154 Å². The summed E-state index contributed by atoms with van der Waals surface area (Å²) in [5.41, 5.74) is 12.3. The molecule has 8 heteroatoms. The Morgan fingerprint density at radius 3 is 1.67 bits per heavy atom. The molecule has 2 aliphatic rings. The Morgan fingerprint density at radius 2 is 1.20 bits per heavy atom. The van der Waals surface area contributed by atoms with E-state index in [1.807, 2.05) is 54.6 Å². The summed E-state index contributed by atoms with van der Waals surface area (Å²) in [6.07, 6.45) is 6.85. The summed E-state index contributed by atoms with van der Waals surface area (Å²) in [4.78, 5) is 32.0. The number of carbonyl (C=O) groups is 2. The van der Waals surface area contributed by atoms with Crippen molar-refractivity contribution in [2.75, 3.05) is 11.1 Å². The van der Waals surface area contributed by atoms with E-state index in [4.69, 9.17) is 28.9 Å². The van der Waals surface area contributed by atoms with Crippen molar-refractivity contribution >= 4 is 57.7 Å². The lowest BCUT2D eigenvalue weighted by Crippen LogP contribution is -2.21. The maximum absolute atomic E-state index is 12.2. The number of nitrogen functional groups attached to an aromatic ring is 1. The fraction of sp³-hybridized carbons (Fsp3) is 0.135. The molecule has 0 aliphatic carbocycles. The molecule has 0 spiro atoms. The molecule has 0 unspecified atom stereocenters. The molecule has 0 saturated carbocycles. The number of rotatable bonds is 7. The average Bonchev–Trinajstić information content (AvgIpc) is 3.69. The number of nitrogens with one attached hydrogen (secondary N) is 1. The molecule has 2 heterocycles. The largest absolute Gasteiger partial charge is 0.399 e. The van der Waals surface area contributed by atoms with Gasteiger partial charge in [0.1, 0.15) is 5.71 Å². The van der Waals surface area contributed by atoms with E-state index in [1.165, 1.54) is 11.1 Å². The number of aliphatic imine (C=N–C) groups is 2. The number of amides is 1. The van der Waals surface area contributed by atoms with Gasteiger partial charge in [-0.15, -0.1) is 0 Å². The smallest absolute Gasteiger partial charge is 0.270 e. The number of hydrogen-bond donors (Lipinski definition) is 2. The molecular formula is C37H34Cl2N4O2. The number of benzene rings is 4. The van der Waals surface area contributed by atoms with Crippen LogP contribution in [-0.2, 0) is 22.4 Å². The van der Waals surface area contributed by atoms with Gasteiger partial charge in [-0.25, -0.2) is 0 Å². The van der Waals surface area contributed by atoms with Crippen LogP contribution in [0.15, 0.2) is 143 Å². The first-order chi connectivity index (χ1) is 21.7. The van der Waals surface area contributed by atoms with E-state index in [0.717, 1.165) is 24.2 Å². The summed E-state index contributed by atoms with van der Waals surface area (Å²) in [7, 11) is 0. The van der Waals surface area contributed by atoms with Crippen LogP contribution >= 0.6 is 23.2 Å². The Kier molecular flexibility index (Phi) is 12.4. The summed E-state index contributed by atoms with van der Waals surface area (Å²) >= 11 is 11.5. The van der Waals surface area contributed by atoms with Gasteiger partial charge in [0.05, 0.1) is 5.71 Å². The molecule has 2 aliphatic heterocycles. The minimum Gasteiger partial charge on any atom is -0.399 e. The molecule has 0 aromatic heterocycles. The highest BCUT2D eigenvalue weighted by Gasteiger charge is 2.17. The monoisotopic (exact) mass is 636 g/mol. The van der Waals surface area contributed by atoms with Crippen molar-refractivity contribution in [2.24, 2.45) is 9.98 Å². The van der Waals surface area contributed by atoms with E-state index in [1.54, 1.807) is 49.4 Å². The first kappa shape index (κ1) is 33.1. The summed E-state index contributed by atoms with van der Waals surface area (Å²) in [6.45, 7) is 1.57. The molecule has 6 nitrogen and oxygen atoms in total. The molecule has 0 bridgehead atoms. The van der Waals surface area contributed by atoms with Crippen LogP contribution in [-0.4, -0.2) is 23.1 Å². The second-order valence-corrected chi connectivity index (χ2v) is 11.2. The highest BCUT2D eigenvalue weighted by Crippen LogP contribution is 2.19. The van der Waals surface area contributed by atoms with Crippen molar-refractivity contribution in [2.45, 2.75) is 32.6 Å². The van der Waals surface area contributed by atoms with Gasteiger partial charge < -0.3 is 11.1 Å². The van der Waals surface area contributed by atoms with Gasteiger partial charge in [0.15, 0.2) is 5.78 Å². The lowest BCUT2D eigenvalue weighted by atomic mass is 10.1. The van der Waals surface area contributed by atoms with Gasteiger partial charge in [-0.1, -0.05) is 108 Å². The summed E-state index contributed by atoms with van der Waals surface area (Å²) < 4.78 is 0. The van der Waals surface area contributed by atoms with Crippen LogP contribution in [0, 0.1) is 0 Å². The molecule has 3 N–H and O–H groups in total. The van der Waals surface area contributed by atoms with Crippen molar-refractivity contribution in [3.63, 3.8) is 0 Å². The van der Waals surface area contributed by atoms with Gasteiger partial charge in [0, 0.05) is 65.4 Å². The van der Waals surface area contributed by atoms with Gasteiger partial charge in [-0.3, -0.25) is 19.6 Å². The van der Waals surface area contributed by atoms with E-state index >= 15 is 0 Å². The van der Waals surface area contributed by atoms with E-state index in [9.17, 15) is 9.59 Å². The molecule has 0 saturated heterocycles. The van der Waals surface area contributed by atoms with Gasteiger partial charge in [-0.2, -0.15) is 0 Å². The predicted molar refractivity (Wildman–Crippen MR) is 187 cm³/mol. The van der Waals surface area contributed by atoms with Crippen molar-refractivity contribution in [3.8, 4) is 0 Å². The molecule has 45 heavy (non-hydrogen) atoms. The van der Waals surface area contributed by atoms with Gasteiger partial charge in [-0.05, 0) is 47.5 Å². The Labute approximate surface area is 274 Å². The fourth-order valence-corrected chi connectivity index (χ4v) is 4.82. The van der Waals surface area contributed by atoms with Crippen LogP contribution in [0.3, 0.4) is 0 Å². The SMILES string of the molecule is CC(=O)C1=NC(Cc2ccccc2)=CC1.Nc1cccc(Cl)c1.O=C(Nc1cccc(Cl)c1)C1=NC(Cc2ccccc2)=CC1. The van der Waals surface area contributed by atoms with E-state index in [-0.39, 0.29) is 11.7 Å². The lowest BCUT2D eigenvalue weighted by Gasteiger charge is -2.05. The molecule has 4 aromatic rings. The number of halogens is 2. The number of carbonyl (C=O) groups excluding carboxylic acids is 2. The molecule has 6 rings (SSSR count). The number of hydrogen-bond acceptors (Lipinski definition) is 5. The zero-order valence-corrected chi connectivity index (χ0v) is 26.4. The Morgan fingerprint density at radius 1 is 0.689 bits per heavy atom. The minimum absolute atomic E-state index is 0.0781. The molecule has 228 valence electrons. The van der Waals surface area contributed by atoms with Crippen LogP contribution in [0.1, 0.15) is 30.9 Å². The summed E-state index contributed by atoms with van der Waals surface area (Å²) in [5, 5.41) is 4.10. The maximum Gasteiger partial charge on any atom is 0.270 e. The topological polar surface area (TPSA) is 96.9 Å². The van der Waals surface area contributed by atoms with Gasteiger partial charge in [0.2, 0.25) is 0 Å². The second kappa shape index (κ2) is 16.9. The predicted octanol–water partition coefficient (Wildman–Crippen LogP) is 8.72. The fourth-order valence-electron chi connectivity index (χ4n) is 4.43. The van der Waals surface area contributed by atoms with Gasteiger partial charge in [0.25, 0.3) is 5.91 Å². The zero-order chi connectivity index (χ0) is 32.0. The van der Waals surface area contributed by atoms with E-state index in [0.29, 0.717) is 45.7 Å². The van der Waals surface area contributed by atoms with Crippen molar-refractivity contribution < 1.29 is 9.59 Å². The van der Waals surface area contributed by atoms with E-state index in [2.05, 4.69) is 39.6 Å².